The van der Waals surface area contributed by atoms with Gasteiger partial charge in [-0.1, -0.05) is 50.3 Å². The average Bonchev–Trinajstić information content (AvgIpc) is 2.81. The maximum Gasteiger partial charge on any atom is 0.262 e. The largest absolute Gasteiger partial charge is 0.336 e. The van der Waals surface area contributed by atoms with E-state index in [1.807, 2.05) is 0 Å². The third-order valence-electron chi connectivity index (χ3n) is 6.53. The van der Waals surface area contributed by atoms with E-state index in [0.717, 1.165) is 32.1 Å². The number of rotatable bonds is 7. The van der Waals surface area contributed by atoms with E-state index in [-0.39, 0.29) is 41.0 Å². The van der Waals surface area contributed by atoms with Crippen molar-refractivity contribution in [1.29, 1.82) is 5.26 Å². The van der Waals surface area contributed by atoms with Crippen molar-refractivity contribution in [1.82, 2.24) is 10.0 Å². The van der Waals surface area contributed by atoms with Gasteiger partial charge in [-0.3, -0.25) is 14.5 Å². The Hall–Kier alpha value is -2.45. The summed E-state index contributed by atoms with van der Waals surface area (Å²) in [4.78, 5) is 17.8. The summed E-state index contributed by atoms with van der Waals surface area (Å²) in [6.07, 6.45) is 5.72. The summed E-state index contributed by atoms with van der Waals surface area (Å²) >= 11 is 0. The van der Waals surface area contributed by atoms with Crippen LogP contribution in [0.3, 0.4) is 0 Å². The molecule has 0 bridgehead atoms. The van der Waals surface area contributed by atoms with Gasteiger partial charge in [0.25, 0.3) is 10.0 Å². The molecule has 1 amide bonds. The summed E-state index contributed by atoms with van der Waals surface area (Å²) in [5, 5.41) is 12.5. The van der Waals surface area contributed by atoms with Crippen LogP contribution in [-0.2, 0) is 24.7 Å². The highest BCUT2D eigenvalue weighted by Gasteiger charge is 2.40. The molecule has 0 spiro atoms. The van der Waals surface area contributed by atoms with Crippen molar-refractivity contribution < 1.29 is 21.6 Å². The van der Waals surface area contributed by atoms with E-state index in [0.29, 0.717) is 6.42 Å². The van der Waals surface area contributed by atoms with Crippen molar-refractivity contribution >= 4 is 31.6 Å². The van der Waals surface area contributed by atoms with E-state index in [1.54, 1.807) is 18.2 Å². The number of hydrogen-bond acceptors (Lipinski definition) is 7. The molecule has 3 rings (SSSR count). The molecule has 1 aliphatic carbocycles. The fourth-order valence-electron chi connectivity index (χ4n) is 4.54. The number of amidine groups is 1. The van der Waals surface area contributed by atoms with Gasteiger partial charge in [-0.05, 0) is 44.2 Å². The van der Waals surface area contributed by atoms with Crippen LogP contribution in [-0.4, -0.2) is 51.7 Å². The monoisotopic (exact) mass is 508 g/mol. The van der Waals surface area contributed by atoms with Gasteiger partial charge in [0.05, 0.1) is 22.5 Å². The molecule has 2 aliphatic rings. The maximum absolute atomic E-state index is 13.3. The number of nitrogens with zero attached hydrogens (tertiary/aromatic N) is 2. The molecule has 11 heteroatoms. The Morgan fingerprint density at radius 1 is 1.18 bits per heavy atom. The second kappa shape index (κ2) is 10.9. The zero-order chi connectivity index (χ0) is 24.8. The van der Waals surface area contributed by atoms with Crippen molar-refractivity contribution in [2.75, 3.05) is 11.5 Å². The lowest BCUT2D eigenvalue weighted by molar-refractivity contribution is -0.124. The van der Waals surface area contributed by atoms with E-state index in [9.17, 15) is 26.9 Å². The Bertz CT molecular complexity index is 1140. The third-order valence-corrected chi connectivity index (χ3v) is 9.63. The molecule has 34 heavy (non-hydrogen) atoms. The molecule has 1 aliphatic heterocycles. The highest BCUT2D eigenvalue weighted by Crippen LogP contribution is 2.29. The van der Waals surface area contributed by atoms with Gasteiger partial charge in [-0.25, -0.2) is 16.8 Å². The van der Waals surface area contributed by atoms with Gasteiger partial charge >= 0.3 is 0 Å². The van der Waals surface area contributed by atoms with Crippen molar-refractivity contribution in [3.8, 4) is 6.07 Å². The molecule has 0 unspecified atom stereocenters. The number of hydrogen-bond donors (Lipinski definition) is 2. The summed E-state index contributed by atoms with van der Waals surface area (Å²) in [6, 6.07) is 9.10. The summed E-state index contributed by atoms with van der Waals surface area (Å²) in [6.45, 7) is 1.49. The fourth-order valence-corrected chi connectivity index (χ4v) is 7.14. The number of nitriles is 1. The first-order valence-electron chi connectivity index (χ1n) is 11.6. The minimum Gasteiger partial charge on any atom is -0.336 e. The Balaban J connectivity index is 1.79. The number of sulfone groups is 1. The highest BCUT2D eigenvalue weighted by molar-refractivity contribution is 7.91. The zero-order valence-electron chi connectivity index (χ0n) is 19.4. The number of amides is 1. The van der Waals surface area contributed by atoms with Crippen molar-refractivity contribution in [2.24, 2.45) is 10.9 Å². The van der Waals surface area contributed by atoms with Crippen LogP contribution in [0.2, 0.25) is 0 Å². The normalized spacial score (nSPS) is 21.7. The predicted molar refractivity (Wildman–Crippen MR) is 129 cm³/mol. The molecule has 0 radical (unpaired) electrons. The quantitative estimate of drug-likeness (QED) is 0.427. The molecule has 1 saturated heterocycles. The molecule has 186 valence electrons. The number of carbonyl (C=O) groups excluding carboxylic acids is 1. The summed E-state index contributed by atoms with van der Waals surface area (Å²) < 4.78 is 51.4. The molecule has 9 nitrogen and oxygen atoms in total. The summed E-state index contributed by atoms with van der Waals surface area (Å²) in [5.41, 5.74) is -1.26. The Kier molecular flexibility index (Phi) is 8.36. The lowest BCUT2D eigenvalue weighted by atomic mass is 9.84. The zero-order valence-corrected chi connectivity index (χ0v) is 21.0. The van der Waals surface area contributed by atoms with Gasteiger partial charge in [0, 0.05) is 0 Å². The van der Waals surface area contributed by atoms with Crippen LogP contribution in [0.15, 0.2) is 40.2 Å². The van der Waals surface area contributed by atoms with Gasteiger partial charge in [0.1, 0.15) is 17.4 Å². The van der Waals surface area contributed by atoms with Crippen LogP contribution in [0, 0.1) is 17.2 Å². The Morgan fingerprint density at radius 3 is 2.38 bits per heavy atom. The van der Waals surface area contributed by atoms with E-state index >= 15 is 0 Å². The second-order valence-electron chi connectivity index (χ2n) is 9.22. The van der Waals surface area contributed by atoms with Crippen LogP contribution in [0.5, 0.6) is 0 Å². The van der Waals surface area contributed by atoms with Crippen molar-refractivity contribution in [2.45, 2.75) is 74.8 Å². The van der Waals surface area contributed by atoms with Gasteiger partial charge in [-0.2, -0.15) is 5.26 Å². The molecule has 1 saturated carbocycles. The molecule has 2 fully saturated rings. The highest BCUT2D eigenvalue weighted by atomic mass is 32.2. The van der Waals surface area contributed by atoms with Crippen LogP contribution >= 0.6 is 0 Å². The number of aliphatic imine (C=N–C) groups is 1. The average molecular weight is 509 g/mol. The minimum atomic E-state index is -3.85. The summed E-state index contributed by atoms with van der Waals surface area (Å²) in [7, 11) is -7.07. The van der Waals surface area contributed by atoms with Crippen LogP contribution in [0.4, 0.5) is 0 Å². The smallest absolute Gasteiger partial charge is 0.262 e. The number of benzene rings is 1. The van der Waals surface area contributed by atoms with Gasteiger partial charge in [-0.15, -0.1) is 0 Å². The standard InChI is InChI=1S/C23H32N4O5S2/c1-18(27-34(31,32)20-10-6-3-7-11-20)25-21(16-19-8-4-2-5-9-19)22(28)26-23(17-24)12-14-33(29,30)15-13-23/h3,6-7,10-11,19,21H,2,4-5,8-9,12-16H2,1H3,(H,25,27)(H,26,28)/t21-/m0/s1. The van der Waals surface area contributed by atoms with E-state index in [4.69, 9.17) is 0 Å². The molecule has 1 atom stereocenters. The van der Waals surface area contributed by atoms with E-state index in [2.05, 4.69) is 21.1 Å². The molecule has 1 aromatic carbocycles. The molecule has 1 heterocycles. The first-order valence-corrected chi connectivity index (χ1v) is 14.9. The lowest BCUT2D eigenvalue weighted by Gasteiger charge is -2.33. The third kappa shape index (κ3) is 7.03. The topological polar surface area (TPSA) is 146 Å². The number of sulfonamides is 1. The second-order valence-corrected chi connectivity index (χ2v) is 13.2. The Morgan fingerprint density at radius 2 is 1.79 bits per heavy atom. The summed E-state index contributed by atoms with van der Waals surface area (Å²) in [5.74, 6) is -0.445. The maximum atomic E-state index is 13.3. The van der Waals surface area contributed by atoms with E-state index in [1.165, 1.54) is 19.1 Å². The van der Waals surface area contributed by atoms with Crippen LogP contribution < -0.4 is 10.0 Å². The van der Waals surface area contributed by atoms with Crippen LogP contribution in [0.1, 0.15) is 58.3 Å². The molecular formula is C23H32N4O5S2. The van der Waals surface area contributed by atoms with Crippen LogP contribution in [0.25, 0.3) is 0 Å². The molecule has 1 aromatic rings. The first kappa shape index (κ1) is 26.2. The Labute approximate surface area is 202 Å². The lowest BCUT2D eigenvalue weighted by Crippen LogP contribution is -2.54. The molecular weight excluding hydrogens is 476 g/mol. The van der Waals surface area contributed by atoms with Crippen molar-refractivity contribution in [3.05, 3.63) is 30.3 Å². The minimum absolute atomic E-state index is 0.0249. The number of nitrogens with one attached hydrogen (secondary N) is 2. The molecule has 2 N–H and O–H groups in total. The SMILES string of the molecule is CC(=N[C@@H](CC1CCCCC1)C(=O)NC1(C#N)CCS(=O)(=O)CC1)NS(=O)(=O)c1ccccc1. The number of carbonyl (C=O) groups is 1. The van der Waals surface area contributed by atoms with Gasteiger partial charge in [0.2, 0.25) is 5.91 Å². The van der Waals surface area contributed by atoms with Crippen molar-refractivity contribution in [3.63, 3.8) is 0 Å². The predicted octanol–water partition coefficient (Wildman–Crippen LogP) is 2.31. The van der Waals surface area contributed by atoms with Gasteiger partial charge < -0.3 is 5.32 Å². The first-order chi connectivity index (χ1) is 16.0. The van der Waals surface area contributed by atoms with E-state index < -0.39 is 37.3 Å². The fraction of sp³-hybridized carbons (Fsp3) is 0.609. The molecule has 0 aromatic heterocycles. The van der Waals surface area contributed by atoms with Gasteiger partial charge in [0.15, 0.2) is 9.84 Å².